The van der Waals surface area contributed by atoms with Crippen molar-refractivity contribution in [2.45, 2.75) is 0 Å². The maximum atomic E-state index is 10.4. The molecule has 0 atom stereocenters. The van der Waals surface area contributed by atoms with Crippen molar-refractivity contribution < 1.29 is 4.92 Å². The largest absolute Gasteiger partial charge is 0.307 e. The van der Waals surface area contributed by atoms with Crippen molar-refractivity contribution in [1.82, 2.24) is 9.97 Å². The van der Waals surface area contributed by atoms with E-state index in [1.54, 1.807) is 0 Å². The van der Waals surface area contributed by atoms with E-state index in [1.165, 1.54) is 29.1 Å². The number of thiophene rings is 1. The van der Waals surface area contributed by atoms with Gasteiger partial charge < -0.3 is 0 Å². The number of fused-ring (bicyclic) bond motifs is 1. The lowest BCUT2D eigenvalue weighted by Gasteiger charge is -1.85. The Morgan fingerprint density at radius 2 is 2.17 bits per heavy atom. The third-order valence-electron chi connectivity index (χ3n) is 1.39. The van der Waals surface area contributed by atoms with Gasteiger partial charge in [-0.15, -0.1) is 11.3 Å². The van der Waals surface area contributed by atoms with Crippen LogP contribution in [0.2, 0.25) is 0 Å². The number of hydrogen-bond donors (Lipinski definition) is 0. The molecule has 0 aliphatic carbocycles. The lowest BCUT2D eigenvalue weighted by atomic mass is 10.5. The highest BCUT2D eigenvalue weighted by Crippen LogP contribution is 2.27. The molecule has 2 aromatic rings. The lowest BCUT2D eigenvalue weighted by molar-refractivity contribution is -0.382. The number of nitro groups is 1. The number of aromatic nitrogens is 2. The minimum Gasteiger partial charge on any atom is -0.258 e. The molecule has 2 heterocycles. The zero-order valence-electron chi connectivity index (χ0n) is 5.80. The maximum Gasteiger partial charge on any atom is 0.307 e. The molecule has 0 saturated heterocycles. The Kier molecular flexibility index (Phi) is 1.47. The standard InChI is InChI=1S/C6H3N3O2S/c10-9(11)4-3-12-6-5(4)7-1-2-8-6/h1-3H. The van der Waals surface area contributed by atoms with Crippen LogP contribution in [-0.2, 0) is 0 Å². The summed E-state index contributed by atoms with van der Waals surface area (Å²) in [5.41, 5.74) is 0.399. The van der Waals surface area contributed by atoms with Crippen molar-refractivity contribution >= 4 is 27.4 Å². The molecule has 0 N–H and O–H groups in total. The molecule has 0 saturated carbocycles. The van der Waals surface area contributed by atoms with E-state index >= 15 is 0 Å². The van der Waals surface area contributed by atoms with Gasteiger partial charge in [0, 0.05) is 12.4 Å². The van der Waals surface area contributed by atoms with Crippen LogP contribution in [0.25, 0.3) is 10.3 Å². The van der Waals surface area contributed by atoms with E-state index < -0.39 is 4.92 Å². The van der Waals surface area contributed by atoms with Gasteiger partial charge in [-0.2, -0.15) is 0 Å². The van der Waals surface area contributed by atoms with E-state index in [-0.39, 0.29) is 5.69 Å². The third kappa shape index (κ3) is 0.928. The zero-order chi connectivity index (χ0) is 8.55. The molecule has 0 aromatic carbocycles. The Morgan fingerprint density at radius 1 is 1.42 bits per heavy atom. The van der Waals surface area contributed by atoms with E-state index in [1.807, 2.05) is 0 Å². The van der Waals surface area contributed by atoms with Gasteiger partial charge in [0.1, 0.15) is 4.83 Å². The van der Waals surface area contributed by atoms with Crippen LogP contribution in [0.15, 0.2) is 17.8 Å². The fourth-order valence-corrected chi connectivity index (χ4v) is 1.70. The maximum absolute atomic E-state index is 10.4. The van der Waals surface area contributed by atoms with Crippen LogP contribution in [0.1, 0.15) is 0 Å². The van der Waals surface area contributed by atoms with Gasteiger partial charge in [0.25, 0.3) is 0 Å². The molecule has 0 bridgehead atoms. The minimum absolute atomic E-state index is 0.0306. The molecule has 0 unspecified atom stereocenters. The highest BCUT2D eigenvalue weighted by atomic mass is 32.1. The first-order valence-corrected chi connectivity index (χ1v) is 3.99. The Bertz CT molecular complexity index is 439. The Hall–Kier alpha value is -1.56. The van der Waals surface area contributed by atoms with Crippen molar-refractivity contribution in [3.05, 3.63) is 27.9 Å². The summed E-state index contributed by atoms with van der Waals surface area (Å²) in [6, 6.07) is 0. The minimum atomic E-state index is -0.451. The van der Waals surface area contributed by atoms with Crippen LogP contribution in [0.5, 0.6) is 0 Å². The van der Waals surface area contributed by atoms with Crippen molar-refractivity contribution in [1.29, 1.82) is 0 Å². The Labute approximate surface area is 70.8 Å². The lowest BCUT2D eigenvalue weighted by Crippen LogP contribution is -1.86. The van der Waals surface area contributed by atoms with Crippen LogP contribution in [0.4, 0.5) is 5.69 Å². The van der Waals surface area contributed by atoms with Crippen LogP contribution >= 0.6 is 11.3 Å². The van der Waals surface area contributed by atoms with Crippen molar-refractivity contribution in [2.75, 3.05) is 0 Å². The number of nitrogens with zero attached hydrogens (tertiary/aromatic N) is 3. The first kappa shape index (κ1) is 7.11. The van der Waals surface area contributed by atoms with Crippen molar-refractivity contribution in [2.24, 2.45) is 0 Å². The average Bonchev–Trinajstić information content (AvgIpc) is 2.47. The number of rotatable bonds is 1. The summed E-state index contributed by atoms with van der Waals surface area (Å²) in [6.45, 7) is 0. The van der Waals surface area contributed by atoms with Gasteiger partial charge in [-0.25, -0.2) is 9.97 Å². The second-order valence-corrected chi connectivity index (χ2v) is 2.95. The van der Waals surface area contributed by atoms with Gasteiger partial charge in [-0.3, -0.25) is 10.1 Å². The Balaban J connectivity index is 2.79. The molecule has 60 valence electrons. The molecule has 2 rings (SSSR count). The van der Waals surface area contributed by atoms with E-state index in [2.05, 4.69) is 9.97 Å². The second kappa shape index (κ2) is 2.49. The summed E-state index contributed by atoms with van der Waals surface area (Å²) < 4.78 is 0. The normalized spacial score (nSPS) is 10.3. The van der Waals surface area contributed by atoms with E-state index in [4.69, 9.17) is 0 Å². The quantitative estimate of drug-likeness (QED) is 0.495. The van der Waals surface area contributed by atoms with Gasteiger partial charge in [0.2, 0.25) is 0 Å². The molecule has 12 heavy (non-hydrogen) atoms. The number of hydrogen-bond acceptors (Lipinski definition) is 5. The predicted octanol–water partition coefficient (Wildman–Crippen LogP) is 1.60. The van der Waals surface area contributed by atoms with Gasteiger partial charge in [-0.05, 0) is 0 Å². The summed E-state index contributed by atoms with van der Waals surface area (Å²) in [5, 5.41) is 11.9. The molecular weight excluding hydrogens is 178 g/mol. The van der Waals surface area contributed by atoms with Crippen LogP contribution < -0.4 is 0 Å². The second-order valence-electron chi connectivity index (χ2n) is 2.09. The van der Waals surface area contributed by atoms with Crippen LogP contribution in [0.3, 0.4) is 0 Å². The fourth-order valence-electron chi connectivity index (χ4n) is 0.884. The molecular formula is C6H3N3O2S. The van der Waals surface area contributed by atoms with Gasteiger partial charge in [-0.1, -0.05) is 0 Å². The van der Waals surface area contributed by atoms with Gasteiger partial charge in [0.05, 0.1) is 10.3 Å². The van der Waals surface area contributed by atoms with E-state index in [0.717, 1.165) is 0 Å². The van der Waals surface area contributed by atoms with Crippen molar-refractivity contribution in [3.8, 4) is 0 Å². The van der Waals surface area contributed by atoms with Crippen LogP contribution in [0, 0.1) is 10.1 Å². The molecule has 5 nitrogen and oxygen atoms in total. The van der Waals surface area contributed by atoms with Crippen molar-refractivity contribution in [3.63, 3.8) is 0 Å². The highest BCUT2D eigenvalue weighted by molar-refractivity contribution is 7.17. The Morgan fingerprint density at radius 3 is 2.92 bits per heavy atom. The summed E-state index contributed by atoms with van der Waals surface area (Å²) in [4.78, 5) is 18.4. The molecule has 0 aliphatic rings. The summed E-state index contributed by atoms with van der Waals surface area (Å²) in [7, 11) is 0. The first-order chi connectivity index (χ1) is 5.79. The monoisotopic (exact) mass is 181 g/mol. The first-order valence-electron chi connectivity index (χ1n) is 3.11. The molecule has 0 aliphatic heterocycles. The molecule has 0 spiro atoms. The summed E-state index contributed by atoms with van der Waals surface area (Å²) in [5.74, 6) is 0. The van der Waals surface area contributed by atoms with E-state index in [9.17, 15) is 10.1 Å². The molecule has 6 heteroatoms. The molecule has 0 amide bonds. The fraction of sp³-hybridized carbons (Fsp3) is 0. The highest BCUT2D eigenvalue weighted by Gasteiger charge is 2.15. The van der Waals surface area contributed by atoms with Gasteiger partial charge in [0.15, 0.2) is 5.52 Å². The summed E-state index contributed by atoms with van der Waals surface area (Å²) >= 11 is 1.23. The molecule has 0 fully saturated rings. The van der Waals surface area contributed by atoms with Gasteiger partial charge >= 0.3 is 5.69 Å². The summed E-state index contributed by atoms with van der Waals surface area (Å²) in [6.07, 6.45) is 2.96. The molecule has 2 aromatic heterocycles. The smallest absolute Gasteiger partial charge is 0.258 e. The average molecular weight is 181 g/mol. The SMILES string of the molecule is O=[N+]([O-])c1csc2nccnc12. The zero-order valence-corrected chi connectivity index (χ0v) is 6.61. The van der Waals surface area contributed by atoms with E-state index in [0.29, 0.717) is 10.3 Å². The topological polar surface area (TPSA) is 68.9 Å². The molecule has 0 radical (unpaired) electrons. The third-order valence-corrected chi connectivity index (χ3v) is 2.25. The predicted molar refractivity (Wildman–Crippen MR) is 44.1 cm³/mol. The van der Waals surface area contributed by atoms with Crippen LogP contribution in [-0.4, -0.2) is 14.9 Å².